The van der Waals surface area contributed by atoms with Crippen LogP contribution in [0.4, 0.5) is 4.79 Å². The SMILES string of the molecule is CC(C)(C)OC(=O)N[C@@H](CCCCN)C(=O)N[C@@H](Cc1cc(Br)c(O)c(Br)c1)C(=O)O. The van der Waals surface area contributed by atoms with Crippen molar-refractivity contribution in [2.24, 2.45) is 5.73 Å². The smallest absolute Gasteiger partial charge is 0.408 e. The number of unbranched alkanes of at least 4 members (excludes halogenated alkanes) is 1. The molecule has 0 fully saturated rings. The first-order valence-corrected chi connectivity index (χ1v) is 11.3. The van der Waals surface area contributed by atoms with E-state index in [1.54, 1.807) is 32.9 Å². The summed E-state index contributed by atoms with van der Waals surface area (Å²) < 4.78 is 5.98. The molecule has 1 rings (SSSR count). The highest BCUT2D eigenvalue weighted by atomic mass is 79.9. The number of nitrogens with two attached hydrogens (primary N) is 1. The summed E-state index contributed by atoms with van der Waals surface area (Å²) >= 11 is 6.40. The molecule has 1 aromatic carbocycles. The van der Waals surface area contributed by atoms with Crippen molar-refractivity contribution in [3.8, 4) is 5.75 Å². The molecule has 174 valence electrons. The third-order valence-electron chi connectivity index (χ3n) is 4.09. The molecule has 6 N–H and O–H groups in total. The number of nitrogens with one attached hydrogen (secondary N) is 2. The third kappa shape index (κ3) is 9.88. The average molecular weight is 567 g/mol. The predicted molar refractivity (Wildman–Crippen MR) is 123 cm³/mol. The molecule has 0 aromatic heterocycles. The number of carboxylic acid groups (broad SMARTS) is 1. The van der Waals surface area contributed by atoms with E-state index in [4.69, 9.17) is 10.5 Å². The summed E-state index contributed by atoms with van der Waals surface area (Å²) in [7, 11) is 0. The minimum atomic E-state index is -1.24. The van der Waals surface area contributed by atoms with E-state index in [2.05, 4.69) is 42.5 Å². The zero-order valence-electron chi connectivity index (χ0n) is 17.7. The van der Waals surface area contributed by atoms with E-state index in [1.807, 2.05) is 0 Å². The Labute approximate surface area is 198 Å². The van der Waals surface area contributed by atoms with Crippen molar-refractivity contribution in [1.29, 1.82) is 0 Å². The number of hydrogen-bond donors (Lipinski definition) is 5. The molecule has 9 nitrogen and oxygen atoms in total. The van der Waals surface area contributed by atoms with Crippen LogP contribution in [0.25, 0.3) is 0 Å². The normalized spacial score (nSPS) is 13.2. The summed E-state index contributed by atoms with van der Waals surface area (Å²) in [6, 6.07) is 0.926. The van der Waals surface area contributed by atoms with E-state index in [0.717, 1.165) is 0 Å². The lowest BCUT2D eigenvalue weighted by molar-refractivity contribution is -0.142. The Balaban J connectivity index is 2.94. The van der Waals surface area contributed by atoms with E-state index in [1.165, 1.54) is 0 Å². The molecule has 11 heteroatoms. The number of ether oxygens (including phenoxy) is 1. The van der Waals surface area contributed by atoms with Crippen LogP contribution in [0.2, 0.25) is 0 Å². The highest BCUT2D eigenvalue weighted by Gasteiger charge is 2.28. The lowest BCUT2D eigenvalue weighted by atomic mass is 10.0. The molecule has 0 saturated heterocycles. The average Bonchev–Trinajstić information content (AvgIpc) is 2.63. The van der Waals surface area contributed by atoms with Crippen molar-refractivity contribution in [3.05, 3.63) is 26.6 Å². The highest BCUT2D eigenvalue weighted by Crippen LogP contribution is 2.33. The second kappa shape index (κ2) is 12.3. The van der Waals surface area contributed by atoms with E-state index in [-0.39, 0.29) is 18.6 Å². The largest absolute Gasteiger partial charge is 0.506 e. The second-order valence-electron chi connectivity index (χ2n) is 7.99. The first kappa shape index (κ1) is 27.2. The van der Waals surface area contributed by atoms with Crippen LogP contribution in [0, 0.1) is 0 Å². The Morgan fingerprint density at radius 3 is 2.16 bits per heavy atom. The number of rotatable bonds is 10. The number of phenolic OH excluding ortho intramolecular Hbond substituents is 1. The number of carbonyl (C=O) groups excluding carboxylic acids is 2. The molecule has 2 atom stereocenters. The van der Waals surface area contributed by atoms with Gasteiger partial charge in [0.05, 0.1) is 8.95 Å². The molecule has 0 unspecified atom stereocenters. The highest BCUT2D eigenvalue weighted by molar-refractivity contribution is 9.11. The molecule has 1 aromatic rings. The number of halogens is 2. The summed E-state index contributed by atoms with van der Waals surface area (Å²) in [5, 5.41) is 24.4. The molecule has 2 amide bonds. The summed E-state index contributed by atoms with van der Waals surface area (Å²) in [5.74, 6) is -1.87. The van der Waals surface area contributed by atoms with Crippen LogP contribution in [0.5, 0.6) is 5.75 Å². The number of carbonyl (C=O) groups is 3. The fourth-order valence-corrected chi connectivity index (χ4v) is 3.94. The van der Waals surface area contributed by atoms with E-state index in [0.29, 0.717) is 33.9 Å². The minimum absolute atomic E-state index is 0.0128. The predicted octanol–water partition coefficient (Wildman–Crippen LogP) is 3.05. The lowest BCUT2D eigenvalue weighted by Crippen LogP contribution is -2.52. The maximum Gasteiger partial charge on any atom is 0.408 e. The van der Waals surface area contributed by atoms with Crippen LogP contribution in [0.15, 0.2) is 21.1 Å². The summed E-state index contributed by atoms with van der Waals surface area (Å²) in [6.45, 7) is 5.53. The summed E-state index contributed by atoms with van der Waals surface area (Å²) in [5.41, 5.74) is 5.33. The Morgan fingerprint density at radius 1 is 1.10 bits per heavy atom. The van der Waals surface area contributed by atoms with Crippen molar-refractivity contribution < 1.29 is 29.3 Å². The van der Waals surface area contributed by atoms with Crippen LogP contribution in [0.3, 0.4) is 0 Å². The van der Waals surface area contributed by atoms with E-state index >= 15 is 0 Å². The first-order chi connectivity index (χ1) is 14.3. The van der Waals surface area contributed by atoms with Gasteiger partial charge in [0.1, 0.15) is 23.4 Å². The molecule has 0 saturated carbocycles. The van der Waals surface area contributed by atoms with Gasteiger partial charge in [-0.2, -0.15) is 0 Å². The summed E-state index contributed by atoms with van der Waals surface area (Å²) in [6.07, 6.45) is 0.710. The molecular formula is C20H29Br2N3O6. The maximum absolute atomic E-state index is 12.8. The van der Waals surface area contributed by atoms with Gasteiger partial charge in [0.15, 0.2) is 0 Å². The molecule has 31 heavy (non-hydrogen) atoms. The number of aromatic hydroxyl groups is 1. The topological polar surface area (TPSA) is 151 Å². The van der Waals surface area contributed by atoms with Gasteiger partial charge < -0.3 is 31.3 Å². The van der Waals surface area contributed by atoms with Crippen molar-refractivity contribution in [3.63, 3.8) is 0 Å². The number of phenols is 1. The van der Waals surface area contributed by atoms with Crippen molar-refractivity contribution >= 4 is 49.8 Å². The zero-order valence-corrected chi connectivity index (χ0v) is 20.9. The second-order valence-corrected chi connectivity index (χ2v) is 9.70. The molecule has 0 bridgehead atoms. The van der Waals surface area contributed by atoms with Crippen LogP contribution in [-0.2, 0) is 20.7 Å². The quantitative estimate of drug-likeness (QED) is 0.273. The van der Waals surface area contributed by atoms with Crippen molar-refractivity contribution in [2.75, 3.05) is 6.54 Å². The van der Waals surface area contributed by atoms with Crippen LogP contribution < -0.4 is 16.4 Å². The Morgan fingerprint density at radius 2 is 1.68 bits per heavy atom. The van der Waals surface area contributed by atoms with Gasteiger partial charge in [-0.1, -0.05) is 0 Å². The Bertz CT molecular complexity index is 775. The fourth-order valence-electron chi connectivity index (χ4n) is 2.66. The lowest BCUT2D eigenvalue weighted by Gasteiger charge is -2.24. The van der Waals surface area contributed by atoms with E-state index < -0.39 is 35.7 Å². The third-order valence-corrected chi connectivity index (χ3v) is 5.29. The number of benzene rings is 1. The first-order valence-electron chi connectivity index (χ1n) is 9.73. The Hall–Kier alpha value is -1.85. The molecule has 0 aliphatic rings. The minimum Gasteiger partial charge on any atom is -0.506 e. The van der Waals surface area contributed by atoms with E-state index in [9.17, 15) is 24.6 Å². The Kier molecular flexibility index (Phi) is 10.7. The number of aliphatic carboxylic acids is 1. The number of alkyl carbamates (subject to hydrolysis) is 1. The van der Waals surface area contributed by atoms with Gasteiger partial charge in [-0.3, -0.25) is 4.79 Å². The number of carboxylic acids is 1. The van der Waals surface area contributed by atoms with Crippen LogP contribution in [0.1, 0.15) is 45.6 Å². The molecular weight excluding hydrogens is 538 g/mol. The molecule has 0 radical (unpaired) electrons. The van der Waals surface area contributed by atoms with Crippen molar-refractivity contribution in [2.45, 2.75) is 64.1 Å². The van der Waals surface area contributed by atoms with Gasteiger partial charge in [0.2, 0.25) is 5.91 Å². The van der Waals surface area contributed by atoms with Gasteiger partial charge in [0, 0.05) is 6.42 Å². The number of amides is 2. The maximum atomic E-state index is 12.8. The molecule has 0 aliphatic heterocycles. The van der Waals surface area contributed by atoms with Gasteiger partial charge in [-0.15, -0.1) is 0 Å². The molecule has 0 spiro atoms. The van der Waals surface area contributed by atoms with Crippen LogP contribution >= 0.6 is 31.9 Å². The van der Waals surface area contributed by atoms with Gasteiger partial charge in [0.25, 0.3) is 0 Å². The molecule has 0 aliphatic carbocycles. The monoisotopic (exact) mass is 565 g/mol. The standard InChI is InChI=1S/C20H29Br2N3O6/c1-20(2,3)31-19(30)25-14(6-4-5-7-23)17(27)24-15(18(28)29)10-11-8-12(21)16(26)13(22)9-11/h8-9,14-15,26H,4-7,10,23H2,1-3H3,(H,24,27)(H,25,30)(H,28,29)/t14-,15-/m0/s1. The van der Waals surface area contributed by atoms with Crippen molar-refractivity contribution in [1.82, 2.24) is 10.6 Å². The van der Waals surface area contributed by atoms with Crippen LogP contribution in [-0.4, -0.2) is 52.4 Å². The summed E-state index contributed by atoms with van der Waals surface area (Å²) in [4.78, 5) is 36.7. The van der Waals surface area contributed by atoms with Gasteiger partial charge >= 0.3 is 12.1 Å². The number of hydrogen-bond acceptors (Lipinski definition) is 6. The fraction of sp³-hybridized carbons (Fsp3) is 0.550. The molecule has 0 heterocycles. The zero-order chi connectivity index (χ0) is 23.8. The van der Waals surface area contributed by atoms with Gasteiger partial charge in [-0.25, -0.2) is 9.59 Å². The van der Waals surface area contributed by atoms with Gasteiger partial charge in [-0.05, 0) is 96.1 Å².